The van der Waals surface area contributed by atoms with Gasteiger partial charge in [-0.2, -0.15) is 0 Å². The number of aliphatic imine (C=N–C) groups is 1. The molecule has 2 saturated heterocycles. The molecule has 7 nitrogen and oxygen atoms in total. The quantitative estimate of drug-likeness (QED) is 0.653. The minimum absolute atomic E-state index is 0.691. The van der Waals surface area contributed by atoms with E-state index in [4.69, 9.17) is 0 Å². The van der Waals surface area contributed by atoms with Gasteiger partial charge in [0.05, 0.1) is 18.4 Å². The molecular weight excluding hydrogens is 314 g/mol. The molecule has 0 aliphatic carbocycles. The number of guanidine groups is 1. The van der Waals surface area contributed by atoms with E-state index >= 15 is 0 Å². The number of anilines is 1. The predicted octanol–water partition coefficient (Wildman–Crippen LogP) is 1.12. The summed E-state index contributed by atoms with van der Waals surface area (Å²) in [5.41, 5.74) is 1.16. The maximum Gasteiger partial charge on any atom is 0.204 e. The molecule has 0 radical (unpaired) electrons. The van der Waals surface area contributed by atoms with Crippen molar-refractivity contribution in [3.8, 4) is 0 Å². The Morgan fingerprint density at radius 2 is 2.04 bits per heavy atom. The lowest BCUT2D eigenvalue weighted by atomic mass is 10.1. The summed E-state index contributed by atoms with van der Waals surface area (Å²) in [7, 11) is 7.97. The predicted molar refractivity (Wildman–Crippen MR) is 103 cm³/mol. The van der Waals surface area contributed by atoms with Crippen molar-refractivity contribution in [2.24, 2.45) is 12.0 Å². The Labute approximate surface area is 151 Å². The van der Waals surface area contributed by atoms with E-state index in [0.717, 1.165) is 37.2 Å². The summed E-state index contributed by atoms with van der Waals surface area (Å²) < 4.78 is 2.13. The van der Waals surface area contributed by atoms with Gasteiger partial charge in [0, 0.05) is 47.3 Å². The van der Waals surface area contributed by atoms with Gasteiger partial charge in [-0.15, -0.1) is 0 Å². The van der Waals surface area contributed by atoms with E-state index < -0.39 is 0 Å². The number of nitrogens with one attached hydrogen (secondary N) is 1. The van der Waals surface area contributed by atoms with E-state index in [2.05, 4.69) is 36.7 Å². The van der Waals surface area contributed by atoms with Crippen LogP contribution in [-0.4, -0.2) is 78.7 Å². The molecule has 1 aromatic rings. The standard InChI is InChI=1S/C18H33N7/c1-19-17(20-12-16-13-21-18(22(2)3)23(16)4)25-11-8-15(14-25)24-9-6-5-7-10-24/h13,15H,5-12,14H2,1-4H3,(H,19,20). The van der Waals surface area contributed by atoms with Crippen LogP contribution in [0.5, 0.6) is 0 Å². The molecule has 1 unspecified atom stereocenters. The zero-order valence-electron chi connectivity index (χ0n) is 16.2. The summed E-state index contributed by atoms with van der Waals surface area (Å²) in [5, 5.41) is 3.52. The van der Waals surface area contributed by atoms with E-state index in [1.54, 1.807) is 0 Å². The van der Waals surface area contributed by atoms with E-state index in [1.165, 1.54) is 38.8 Å². The van der Waals surface area contributed by atoms with Gasteiger partial charge in [-0.1, -0.05) is 6.42 Å². The Morgan fingerprint density at radius 3 is 2.68 bits per heavy atom. The number of hydrogen-bond acceptors (Lipinski definition) is 4. The Hall–Kier alpha value is -1.76. The zero-order chi connectivity index (χ0) is 17.8. The van der Waals surface area contributed by atoms with Crippen molar-refractivity contribution in [3.63, 3.8) is 0 Å². The maximum atomic E-state index is 4.51. The molecule has 140 valence electrons. The molecule has 1 N–H and O–H groups in total. The second kappa shape index (κ2) is 8.08. The molecule has 2 aliphatic heterocycles. The number of nitrogens with zero attached hydrogens (tertiary/aromatic N) is 6. The van der Waals surface area contributed by atoms with Crippen LogP contribution in [0.1, 0.15) is 31.4 Å². The molecule has 3 heterocycles. The first kappa shape index (κ1) is 18.0. The van der Waals surface area contributed by atoms with Crippen LogP contribution >= 0.6 is 0 Å². The number of hydrogen-bond donors (Lipinski definition) is 1. The van der Waals surface area contributed by atoms with E-state index in [0.29, 0.717) is 6.04 Å². The largest absolute Gasteiger partial charge is 0.351 e. The van der Waals surface area contributed by atoms with Crippen molar-refractivity contribution in [1.29, 1.82) is 0 Å². The Balaban J connectivity index is 1.55. The number of rotatable bonds is 4. The van der Waals surface area contributed by atoms with Crippen LogP contribution in [0.25, 0.3) is 0 Å². The highest BCUT2D eigenvalue weighted by Gasteiger charge is 2.30. The Morgan fingerprint density at radius 1 is 1.28 bits per heavy atom. The summed E-state index contributed by atoms with van der Waals surface area (Å²) in [6.45, 7) is 5.47. The summed E-state index contributed by atoms with van der Waals surface area (Å²) in [5.74, 6) is 1.98. The van der Waals surface area contributed by atoms with E-state index in [-0.39, 0.29) is 0 Å². The molecule has 1 atom stereocenters. The Kier molecular flexibility index (Phi) is 5.83. The van der Waals surface area contributed by atoms with Crippen LogP contribution in [-0.2, 0) is 13.6 Å². The molecule has 0 saturated carbocycles. The molecule has 2 aliphatic rings. The van der Waals surface area contributed by atoms with Crippen molar-refractivity contribution in [3.05, 3.63) is 11.9 Å². The van der Waals surface area contributed by atoms with Crippen LogP contribution in [0.3, 0.4) is 0 Å². The highest BCUT2D eigenvalue weighted by Crippen LogP contribution is 2.20. The van der Waals surface area contributed by atoms with Crippen LogP contribution < -0.4 is 10.2 Å². The lowest BCUT2D eigenvalue weighted by Gasteiger charge is -2.32. The fourth-order valence-corrected chi connectivity index (χ4v) is 4.03. The van der Waals surface area contributed by atoms with Crippen molar-refractivity contribution < 1.29 is 0 Å². The highest BCUT2D eigenvalue weighted by molar-refractivity contribution is 5.80. The monoisotopic (exact) mass is 347 g/mol. The van der Waals surface area contributed by atoms with Gasteiger partial charge in [-0.25, -0.2) is 4.98 Å². The van der Waals surface area contributed by atoms with Gasteiger partial charge in [0.25, 0.3) is 0 Å². The lowest BCUT2D eigenvalue weighted by molar-refractivity contribution is 0.168. The van der Waals surface area contributed by atoms with Gasteiger partial charge in [0.2, 0.25) is 5.95 Å². The third-order valence-electron chi connectivity index (χ3n) is 5.47. The average molecular weight is 348 g/mol. The fraction of sp³-hybridized carbons (Fsp3) is 0.778. The minimum Gasteiger partial charge on any atom is -0.351 e. The van der Waals surface area contributed by atoms with Gasteiger partial charge in [0.15, 0.2) is 5.96 Å². The number of likely N-dealkylation sites (tertiary alicyclic amines) is 2. The van der Waals surface area contributed by atoms with Crippen molar-refractivity contribution in [1.82, 2.24) is 24.7 Å². The molecule has 7 heteroatoms. The second-order valence-electron chi connectivity index (χ2n) is 7.39. The fourth-order valence-electron chi connectivity index (χ4n) is 4.03. The average Bonchev–Trinajstić information content (AvgIpc) is 3.24. The zero-order valence-corrected chi connectivity index (χ0v) is 16.2. The molecule has 0 spiro atoms. The van der Waals surface area contributed by atoms with Crippen molar-refractivity contribution >= 4 is 11.9 Å². The third-order valence-corrected chi connectivity index (χ3v) is 5.47. The second-order valence-corrected chi connectivity index (χ2v) is 7.39. The molecule has 25 heavy (non-hydrogen) atoms. The third kappa shape index (κ3) is 4.08. The molecule has 3 rings (SSSR count). The molecular formula is C18H33N7. The van der Waals surface area contributed by atoms with Gasteiger partial charge in [-0.3, -0.25) is 9.89 Å². The lowest BCUT2D eigenvalue weighted by Crippen LogP contribution is -2.44. The first-order valence-electron chi connectivity index (χ1n) is 9.47. The molecule has 0 aromatic carbocycles. The van der Waals surface area contributed by atoms with Gasteiger partial charge in [0.1, 0.15) is 0 Å². The number of imidazole rings is 1. The van der Waals surface area contributed by atoms with Crippen molar-refractivity contribution in [2.75, 3.05) is 52.2 Å². The van der Waals surface area contributed by atoms with Gasteiger partial charge < -0.3 is 19.7 Å². The summed E-state index contributed by atoms with van der Waals surface area (Å²) in [4.78, 5) is 16.1. The van der Waals surface area contributed by atoms with Crippen LogP contribution in [0.2, 0.25) is 0 Å². The molecule has 0 amide bonds. The van der Waals surface area contributed by atoms with Crippen LogP contribution in [0, 0.1) is 0 Å². The summed E-state index contributed by atoms with van der Waals surface area (Å²) in [6.07, 6.45) is 7.31. The van der Waals surface area contributed by atoms with Gasteiger partial charge >= 0.3 is 0 Å². The minimum atomic E-state index is 0.691. The Bertz CT molecular complexity index is 586. The number of piperidine rings is 1. The molecule has 2 fully saturated rings. The molecule has 1 aromatic heterocycles. The smallest absolute Gasteiger partial charge is 0.204 e. The van der Waals surface area contributed by atoms with Crippen LogP contribution in [0.15, 0.2) is 11.2 Å². The first-order chi connectivity index (χ1) is 12.1. The van der Waals surface area contributed by atoms with E-state index in [9.17, 15) is 0 Å². The number of aromatic nitrogens is 2. The van der Waals surface area contributed by atoms with Crippen molar-refractivity contribution in [2.45, 2.75) is 38.3 Å². The normalized spacial score (nSPS) is 22.5. The summed E-state index contributed by atoms with van der Waals surface area (Å²) in [6, 6.07) is 0.691. The van der Waals surface area contributed by atoms with Gasteiger partial charge in [-0.05, 0) is 32.4 Å². The molecule has 0 bridgehead atoms. The van der Waals surface area contributed by atoms with E-state index in [1.807, 2.05) is 32.2 Å². The SMILES string of the molecule is CN=C(NCc1cnc(N(C)C)n1C)N1CCC(N2CCCCC2)C1. The van der Waals surface area contributed by atoms with Crippen LogP contribution in [0.4, 0.5) is 5.95 Å². The maximum absolute atomic E-state index is 4.51. The first-order valence-corrected chi connectivity index (χ1v) is 9.47. The summed E-state index contributed by atoms with van der Waals surface area (Å²) >= 11 is 0. The topological polar surface area (TPSA) is 51.9 Å². The highest BCUT2D eigenvalue weighted by atomic mass is 15.3.